The van der Waals surface area contributed by atoms with Crippen LogP contribution in [0.3, 0.4) is 0 Å². The lowest BCUT2D eigenvalue weighted by Gasteiger charge is -2.14. The first-order chi connectivity index (χ1) is 14.5. The molecule has 2 N–H and O–H groups in total. The number of benzene rings is 2. The molecule has 6 heteroatoms. The maximum Gasteiger partial charge on any atom is 0.338 e. The van der Waals surface area contributed by atoms with Crippen LogP contribution < -0.4 is 10.6 Å². The fraction of sp³-hybridized carbons (Fsp3) is 0.292. The summed E-state index contributed by atoms with van der Waals surface area (Å²) in [6.45, 7) is 6.47. The van der Waals surface area contributed by atoms with Gasteiger partial charge in [-0.1, -0.05) is 43.3 Å². The van der Waals surface area contributed by atoms with Crippen molar-refractivity contribution in [1.29, 1.82) is 5.26 Å². The molecule has 0 saturated heterocycles. The van der Waals surface area contributed by atoms with Gasteiger partial charge in [-0.05, 0) is 49.1 Å². The number of esters is 1. The molecule has 0 heterocycles. The van der Waals surface area contributed by atoms with Crippen LogP contribution in [0.5, 0.6) is 0 Å². The Hall–Kier alpha value is -3.59. The molecule has 2 aromatic rings. The minimum atomic E-state index is -0.435. The lowest BCUT2D eigenvalue weighted by atomic mass is 10.0. The molecule has 2 aromatic carbocycles. The SMILES string of the molecule is CCOC(=O)c1ccc(CN/C=C(/C#N)C(=O)NC(C)c2ccc(CC)cc2)cc1. The number of nitriles is 1. The summed E-state index contributed by atoms with van der Waals surface area (Å²) in [6, 6.07) is 16.7. The second-order valence-corrected chi connectivity index (χ2v) is 6.76. The second kappa shape index (κ2) is 11.4. The molecule has 156 valence electrons. The fourth-order valence-electron chi connectivity index (χ4n) is 2.79. The molecular weight excluding hydrogens is 378 g/mol. The molecule has 30 heavy (non-hydrogen) atoms. The van der Waals surface area contributed by atoms with Crippen molar-refractivity contribution in [2.24, 2.45) is 0 Å². The minimum Gasteiger partial charge on any atom is -0.462 e. The van der Waals surface area contributed by atoms with Gasteiger partial charge in [0.05, 0.1) is 18.2 Å². The largest absolute Gasteiger partial charge is 0.462 e. The van der Waals surface area contributed by atoms with Gasteiger partial charge in [-0.2, -0.15) is 5.26 Å². The Kier molecular flexibility index (Phi) is 8.64. The van der Waals surface area contributed by atoms with E-state index in [1.807, 2.05) is 37.3 Å². The Balaban J connectivity index is 1.92. The number of rotatable bonds is 9. The van der Waals surface area contributed by atoms with E-state index in [1.54, 1.807) is 31.2 Å². The number of amides is 1. The number of hydrogen-bond donors (Lipinski definition) is 2. The van der Waals surface area contributed by atoms with Crippen molar-refractivity contribution in [3.63, 3.8) is 0 Å². The van der Waals surface area contributed by atoms with E-state index in [-0.39, 0.29) is 17.6 Å². The first-order valence-corrected chi connectivity index (χ1v) is 9.97. The van der Waals surface area contributed by atoms with Gasteiger partial charge in [0.15, 0.2) is 0 Å². The maximum atomic E-state index is 12.4. The zero-order valence-electron chi connectivity index (χ0n) is 17.6. The van der Waals surface area contributed by atoms with Crippen LogP contribution in [0.2, 0.25) is 0 Å². The van der Waals surface area contributed by atoms with Crippen molar-refractivity contribution in [1.82, 2.24) is 10.6 Å². The Labute approximate surface area is 177 Å². The summed E-state index contributed by atoms with van der Waals surface area (Å²) in [6.07, 6.45) is 2.36. The summed E-state index contributed by atoms with van der Waals surface area (Å²) >= 11 is 0. The third-order valence-corrected chi connectivity index (χ3v) is 4.62. The summed E-state index contributed by atoms with van der Waals surface area (Å²) in [5.74, 6) is -0.798. The minimum absolute atomic E-state index is 0.00447. The Bertz CT molecular complexity index is 926. The Morgan fingerprint density at radius 2 is 1.70 bits per heavy atom. The van der Waals surface area contributed by atoms with Crippen molar-refractivity contribution in [2.75, 3.05) is 6.61 Å². The Morgan fingerprint density at radius 3 is 2.27 bits per heavy atom. The van der Waals surface area contributed by atoms with E-state index in [0.717, 1.165) is 17.5 Å². The topological polar surface area (TPSA) is 91.2 Å². The van der Waals surface area contributed by atoms with Crippen LogP contribution >= 0.6 is 0 Å². The number of carbonyl (C=O) groups excluding carboxylic acids is 2. The maximum absolute atomic E-state index is 12.4. The quantitative estimate of drug-likeness (QED) is 0.376. The van der Waals surface area contributed by atoms with Gasteiger partial charge in [-0.3, -0.25) is 4.79 Å². The number of ether oxygens (including phenoxy) is 1. The number of hydrogen-bond acceptors (Lipinski definition) is 5. The van der Waals surface area contributed by atoms with Gasteiger partial charge in [0.1, 0.15) is 11.6 Å². The zero-order valence-corrected chi connectivity index (χ0v) is 17.6. The molecule has 0 saturated carbocycles. The standard InChI is InChI=1S/C24H27N3O3/c1-4-18-6-10-20(11-7-18)17(3)27-23(28)22(14-25)16-26-15-19-8-12-21(13-9-19)24(29)30-5-2/h6-13,16-17,26H,4-5,15H2,1-3H3,(H,27,28)/b22-16-. The normalized spacial score (nSPS) is 11.9. The smallest absolute Gasteiger partial charge is 0.338 e. The molecule has 0 radical (unpaired) electrons. The average molecular weight is 405 g/mol. The van der Waals surface area contributed by atoms with Gasteiger partial charge in [-0.15, -0.1) is 0 Å². The van der Waals surface area contributed by atoms with Gasteiger partial charge in [0, 0.05) is 12.7 Å². The fourth-order valence-corrected chi connectivity index (χ4v) is 2.79. The van der Waals surface area contributed by atoms with Crippen LogP contribution in [-0.4, -0.2) is 18.5 Å². The summed E-state index contributed by atoms with van der Waals surface area (Å²) in [5.41, 5.74) is 3.59. The van der Waals surface area contributed by atoms with Gasteiger partial charge in [0.25, 0.3) is 5.91 Å². The third kappa shape index (κ3) is 6.49. The summed E-state index contributed by atoms with van der Waals surface area (Å²) in [7, 11) is 0. The van der Waals surface area contributed by atoms with E-state index in [4.69, 9.17) is 4.74 Å². The second-order valence-electron chi connectivity index (χ2n) is 6.76. The van der Waals surface area contributed by atoms with Crippen molar-refractivity contribution in [3.05, 3.63) is 82.6 Å². The van der Waals surface area contributed by atoms with Crippen LogP contribution in [0.25, 0.3) is 0 Å². The molecule has 1 amide bonds. The van der Waals surface area contributed by atoms with Crippen LogP contribution in [0.4, 0.5) is 0 Å². The predicted octanol–water partition coefficient (Wildman–Crippen LogP) is 3.80. The van der Waals surface area contributed by atoms with Gasteiger partial charge >= 0.3 is 5.97 Å². The third-order valence-electron chi connectivity index (χ3n) is 4.62. The van der Waals surface area contributed by atoms with E-state index in [2.05, 4.69) is 17.6 Å². The molecule has 0 aliphatic heterocycles. The van der Waals surface area contributed by atoms with E-state index in [1.165, 1.54) is 11.8 Å². The van der Waals surface area contributed by atoms with Crippen LogP contribution in [0, 0.1) is 11.3 Å². The summed E-state index contributed by atoms with van der Waals surface area (Å²) < 4.78 is 4.95. The summed E-state index contributed by atoms with van der Waals surface area (Å²) in [4.78, 5) is 24.1. The molecule has 0 aliphatic rings. The zero-order chi connectivity index (χ0) is 21.9. The number of aryl methyl sites for hydroxylation is 1. The van der Waals surface area contributed by atoms with Gasteiger partial charge in [-0.25, -0.2) is 4.79 Å². The monoisotopic (exact) mass is 405 g/mol. The molecule has 0 bridgehead atoms. The van der Waals surface area contributed by atoms with Crippen molar-refractivity contribution in [2.45, 2.75) is 39.8 Å². The summed E-state index contributed by atoms with van der Waals surface area (Å²) in [5, 5.41) is 15.1. The molecule has 0 fully saturated rings. The lowest BCUT2D eigenvalue weighted by molar-refractivity contribution is -0.117. The highest BCUT2D eigenvalue weighted by Gasteiger charge is 2.13. The molecule has 0 aromatic heterocycles. The first kappa shape index (κ1) is 22.7. The number of nitrogens with zero attached hydrogens (tertiary/aromatic N) is 1. The molecule has 1 unspecified atom stereocenters. The molecule has 0 aliphatic carbocycles. The highest BCUT2D eigenvalue weighted by molar-refractivity contribution is 5.97. The van der Waals surface area contributed by atoms with Crippen LogP contribution in [0.1, 0.15) is 53.9 Å². The van der Waals surface area contributed by atoms with E-state index in [0.29, 0.717) is 18.7 Å². The van der Waals surface area contributed by atoms with Crippen molar-refractivity contribution in [3.8, 4) is 6.07 Å². The number of carbonyl (C=O) groups is 2. The highest BCUT2D eigenvalue weighted by Crippen LogP contribution is 2.14. The lowest BCUT2D eigenvalue weighted by Crippen LogP contribution is -2.28. The van der Waals surface area contributed by atoms with E-state index < -0.39 is 5.91 Å². The van der Waals surface area contributed by atoms with Gasteiger partial charge in [0.2, 0.25) is 0 Å². The Morgan fingerprint density at radius 1 is 1.07 bits per heavy atom. The highest BCUT2D eigenvalue weighted by atomic mass is 16.5. The van der Waals surface area contributed by atoms with Crippen LogP contribution in [-0.2, 0) is 22.5 Å². The predicted molar refractivity (Wildman–Crippen MR) is 115 cm³/mol. The molecule has 6 nitrogen and oxygen atoms in total. The average Bonchev–Trinajstić information content (AvgIpc) is 2.77. The number of nitrogens with one attached hydrogen (secondary N) is 2. The molecular formula is C24H27N3O3. The van der Waals surface area contributed by atoms with Crippen molar-refractivity contribution < 1.29 is 14.3 Å². The molecule has 0 spiro atoms. The molecule has 2 rings (SSSR count). The first-order valence-electron chi connectivity index (χ1n) is 9.97. The van der Waals surface area contributed by atoms with E-state index in [9.17, 15) is 14.9 Å². The molecule has 1 atom stereocenters. The van der Waals surface area contributed by atoms with Crippen molar-refractivity contribution >= 4 is 11.9 Å². The van der Waals surface area contributed by atoms with Crippen LogP contribution in [0.15, 0.2) is 60.3 Å². The van der Waals surface area contributed by atoms with E-state index >= 15 is 0 Å². The van der Waals surface area contributed by atoms with Gasteiger partial charge < -0.3 is 15.4 Å².